The monoisotopic (exact) mass is 622 g/mol. The maximum Gasteiger partial charge on any atom is 0.494 e. The minimum Gasteiger partial charge on any atom is -0.497 e. The number of methoxy groups -OCH3 is 1. The summed E-state index contributed by atoms with van der Waals surface area (Å²) in [5, 5.41) is 7.44. The maximum atomic E-state index is 6.62. The Morgan fingerprint density at radius 2 is 0.979 bits per heavy atom. The molecule has 3 nitrogen and oxygen atoms in total. The Morgan fingerprint density at radius 1 is 0.458 bits per heavy atom. The van der Waals surface area contributed by atoms with Crippen LogP contribution in [0.3, 0.4) is 0 Å². The quantitative estimate of drug-likeness (QED) is 0.142. The molecule has 0 unspecified atom stereocenters. The fourth-order valence-corrected chi connectivity index (χ4v) is 8.83. The molecule has 1 fully saturated rings. The van der Waals surface area contributed by atoms with Crippen molar-refractivity contribution in [2.75, 3.05) is 7.11 Å². The number of hydrogen-bond acceptors (Lipinski definition) is 3. The first-order chi connectivity index (χ1) is 23.2. The Bertz CT molecular complexity index is 2470. The zero-order valence-corrected chi connectivity index (χ0v) is 27.8. The SMILES string of the molecule is COc1ccc2c(c1)c1ccccc1c1cc3c(cc21)C1(c2ccccc2-c2ccccc21)c1cc(B2OC(C)(C)C(C)(C)O2)ccc1-3. The Kier molecular flexibility index (Phi) is 5.50. The van der Waals surface area contributed by atoms with Gasteiger partial charge < -0.3 is 14.0 Å². The van der Waals surface area contributed by atoms with Crippen LogP contribution in [0.1, 0.15) is 49.9 Å². The second kappa shape index (κ2) is 9.38. The highest BCUT2D eigenvalue weighted by atomic mass is 16.7. The van der Waals surface area contributed by atoms with Crippen LogP contribution in [-0.4, -0.2) is 25.4 Å². The molecule has 0 bridgehead atoms. The van der Waals surface area contributed by atoms with Crippen molar-refractivity contribution in [1.82, 2.24) is 0 Å². The second-order valence-corrected chi connectivity index (χ2v) is 14.6. The third kappa shape index (κ3) is 3.42. The van der Waals surface area contributed by atoms with Crippen molar-refractivity contribution in [3.63, 3.8) is 0 Å². The van der Waals surface area contributed by atoms with E-state index in [2.05, 4.69) is 149 Å². The summed E-state index contributed by atoms with van der Waals surface area (Å²) in [4.78, 5) is 0. The van der Waals surface area contributed by atoms with Gasteiger partial charge in [0, 0.05) is 0 Å². The van der Waals surface area contributed by atoms with E-state index in [-0.39, 0.29) is 0 Å². The molecule has 1 heterocycles. The molecule has 7 aromatic rings. The van der Waals surface area contributed by atoms with E-state index in [1.165, 1.54) is 76.8 Å². The van der Waals surface area contributed by atoms with Crippen LogP contribution in [0.4, 0.5) is 0 Å². The molecule has 7 aromatic carbocycles. The summed E-state index contributed by atoms with van der Waals surface area (Å²) in [6.07, 6.45) is 0. The van der Waals surface area contributed by atoms with Crippen LogP contribution in [0.5, 0.6) is 5.75 Å². The lowest BCUT2D eigenvalue weighted by Gasteiger charge is -2.32. The van der Waals surface area contributed by atoms with E-state index in [0.29, 0.717) is 0 Å². The lowest BCUT2D eigenvalue weighted by atomic mass is 9.68. The van der Waals surface area contributed by atoms with Crippen molar-refractivity contribution in [3.8, 4) is 28.0 Å². The van der Waals surface area contributed by atoms with Crippen LogP contribution in [0.15, 0.2) is 121 Å². The molecule has 0 N–H and O–H groups in total. The van der Waals surface area contributed by atoms with Gasteiger partial charge >= 0.3 is 7.12 Å². The van der Waals surface area contributed by atoms with Crippen molar-refractivity contribution in [2.24, 2.45) is 0 Å². The first-order valence-corrected chi connectivity index (χ1v) is 16.9. The molecular weight excluding hydrogens is 587 g/mol. The summed E-state index contributed by atoms with van der Waals surface area (Å²) >= 11 is 0. The molecule has 0 aromatic heterocycles. The van der Waals surface area contributed by atoms with Gasteiger partial charge in [-0.3, -0.25) is 0 Å². The van der Waals surface area contributed by atoms with Gasteiger partial charge in [0.15, 0.2) is 0 Å². The summed E-state index contributed by atoms with van der Waals surface area (Å²) < 4.78 is 19.0. The fourth-order valence-electron chi connectivity index (χ4n) is 8.83. The fraction of sp³-hybridized carbons (Fsp3) is 0.182. The van der Waals surface area contributed by atoms with E-state index in [1.807, 2.05) is 0 Å². The van der Waals surface area contributed by atoms with Gasteiger partial charge in [-0.2, -0.15) is 0 Å². The van der Waals surface area contributed by atoms with Gasteiger partial charge in [-0.05, 0) is 134 Å². The third-order valence-electron chi connectivity index (χ3n) is 11.8. The summed E-state index contributed by atoms with van der Waals surface area (Å²) in [6.45, 7) is 8.49. The van der Waals surface area contributed by atoms with Crippen molar-refractivity contribution in [2.45, 2.75) is 44.3 Å². The number of hydrogen-bond donors (Lipinski definition) is 0. The number of rotatable bonds is 2. The summed E-state index contributed by atoms with van der Waals surface area (Å²) in [7, 11) is 1.29. The molecule has 10 rings (SSSR count). The molecule has 0 saturated carbocycles. The highest BCUT2D eigenvalue weighted by molar-refractivity contribution is 6.62. The van der Waals surface area contributed by atoms with Gasteiger partial charge in [-0.1, -0.05) is 97.1 Å². The molecule has 0 radical (unpaired) electrons. The Labute approximate surface area is 281 Å². The van der Waals surface area contributed by atoms with Gasteiger partial charge in [-0.25, -0.2) is 0 Å². The summed E-state index contributed by atoms with van der Waals surface area (Å²) in [6, 6.07) is 45.1. The molecule has 1 aliphatic heterocycles. The normalized spacial score (nSPS) is 17.6. The zero-order valence-electron chi connectivity index (χ0n) is 27.8. The van der Waals surface area contributed by atoms with Crippen molar-refractivity contribution < 1.29 is 14.0 Å². The number of fused-ring (bicyclic) bond motifs is 16. The lowest BCUT2D eigenvalue weighted by molar-refractivity contribution is 0.00578. The van der Waals surface area contributed by atoms with Crippen LogP contribution in [0.2, 0.25) is 0 Å². The largest absolute Gasteiger partial charge is 0.497 e. The summed E-state index contributed by atoms with van der Waals surface area (Å²) in [5.74, 6) is 0.867. The van der Waals surface area contributed by atoms with Crippen LogP contribution in [0, 0.1) is 0 Å². The molecule has 0 amide bonds. The van der Waals surface area contributed by atoms with Crippen LogP contribution < -0.4 is 10.2 Å². The van der Waals surface area contributed by atoms with Crippen LogP contribution in [0.25, 0.3) is 54.6 Å². The molecule has 4 heteroatoms. The second-order valence-electron chi connectivity index (χ2n) is 14.6. The Balaban J connectivity index is 1.34. The maximum absolute atomic E-state index is 6.62. The average molecular weight is 623 g/mol. The minimum absolute atomic E-state index is 0.424. The van der Waals surface area contributed by atoms with E-state index in [1.54, 1.807) is 7.11 Å². The molecule has 232 valence electrons. The van der Waals surface area contributed by atoms with E-state index in [4.69, 9.17) is 14.0 Å². The smallest absolute Gasteiger partial charge is 0.494 e. The van der Waals surface area contributed by atoms with E-state index >= 15 is 0 Å². The van der Waals surface area contributed by atoms with Gasteiger partial charge in [0.1, 0.15) is 5.75 Å². The standard InChI is InChI=1S/C44H35BO3/c1-42(2)43(3,4)48-45(47-42)26-18-20-33-37-24-35-29-13-7-6-12-28(29)34-23-27(46-5)19-21-30(34)36(35)25-41(37)44(40(33)22-26)38-16-10-8-14-31(38)32-15-9-11-17-39(32)44/h6-25H,1-5H3. The Morgan fingerprint density at radius 3 is 1.62 bits per heavy atom. The molecule has 2 aliphatic carbocycles. The molecular formula is C44H35BO3. The van der Waals surface area contributed by atoms with Gasteiger partial charge in [0.2, 0.25) is 0 Å². The van der Waals surface area contributed by atoms with Gasteiger partial charge in [0.05, 0.1) is 23.7 Å². The summed E-state index contributed by atoms with van der Waals surface area (Å²) in [5.41, 5.74) is 10.1. The Hall–Kier alpha value is -4.90. The van der Waals surface area contributed by atoms with Crippen LogP contribution in [-0.2, 0) is 14.7 Å². The number of benzene rings is 7. The first kappa shape index (κ1) is 28.1. The third-order valence-corrected chi connectivity index (χ3v) is 11.8. The van der Waals surface area contributed by atoms with E-state index in [0.717, 1.165) is 11.2 Å². The average Bonchev–Trinajstić information content (AvgIpc) is 3.65. The topological polar surface area (TPSA) is 27.7 Å². The van der Waals surface area contributed by atoms with Crippen molar-refractivity contribution in [3.05, 3.63) is 144 Å². The molecule has 3 aliphatic rings. The highest BCUT2D eigenvalue weighted by Gasteiger charge is 2.54. The molecule has 1 spiro atoms. The predicted octanol–water partition coefficient (Wildman–Crippen LogP) is 9.80. The first-order valence-electron chi connectivity index (χ1n) is 16.9. The van der Waals surface area contributed by atoms with Crippen LogP contribution >= 0.6 is 0 Å². The highest BCUT2D eigenvalue weighted by Crippen LogP contribution is 2.63. The minimum atomic E-state index is -0.490. The predicted molar refractivity (Wildman–Crippen MR) is 198 cm³/mol. The zero-order chi connectivity index (χ0) is 32.6. The molecule has 0 atom stereocenters. The van der Waals surface area contributed by atoms with Gasteiger partial charge in [0.25, 0.3) is 0 Å². The van der Waals surface area contributed by atoms with E-state index in [9.17, 15) is 0 Å². The van der Waals surface area contributed by atoms with E-state index < -0.39 is 23.7 Å². The lowest BCUT2D eigenvalue weighted by Crippen LogP contribution is -2.41. The van der Waals surface area contributed by atoms with Crippen molar-refractivity contribution >= 4 is 44.9 Å². The van der Waals surface area contributed by atoms with Crippen molar-refractivity contribution in [1.29, 1.82) is 0 Å². The van der Waals surface area contributed by atoms with Gasteiger partial charge in [-0.15, -0.1) is 0 Å². The number of ether oxygens (including phenoxy) is 1. The molecule has 1 saturated heterocycles. The molecule has 48 heavy (non-hydrogen) atoms.